The third-order valence-electron chi connectivity index (χ3n) is 2.67. The lowest BCUT2D eigenvalue weighted by Gasteiger charge is -2.15. The molecule has 1 saturated heterocycles. The molecule has 0 radical (unpaired) electrons. The molecule has 1 atom stereocenters. The predicted molar refractivity (Wildman–Crippen MR) is 57.0 cm³/mol. The van der Waals surface area contributed by atoms with E-state index in [1.807, 2.05) is 0 Å². The van der Waals surface area contributed by atoms with Gasteiger partial charge in [-0.15, -0.1) is 0 Å². The second-order valence-electron chi connectivity index (χ2n) is 4.24. The van der Waals surface area contributed by atoms with Gasteiger partial charge in [0.15, 0.2) is 0 Å². The Balaban J connectivity index is 2.07. The lowest BCUT2D eigenvalue weighted by Crippen LogP contribution is -2.28. The number of hydrogen-bond acceptors (Lipinski definition) is 3. The molecule has 1 amide bonds. The Labute approximate surface area is 86.0 Å². The van der Waals surface area contributed by atoms with Gasteiger partial charge in [-0.3, -0.25) is 4.79 Å². The van der Waals surface area contributed by atoms with Gasteiger partial charge in [-0.1, -0.05) is 0 Å². The molecule has 14 heavy (non-hydrogen) atoms. The van der Waals surface area contributed by atoms with Crippen LogP contribution in [-0.2, 0) is 4.79 Å². The lowest BCUT2D eigenvalue weighted by molar-refractivity contribution is -0.128. The molecule has 0 bridgehead atoms. The highest BCUT2D eigenvalue weighted by molar-refractivity contribution is 5.75. The van der Waals surface area contributed by atoms with E-state index in [0.717, 1.165) is 32.5 Å². The van der Waals surface area contributed by atoms with Crippen molar-refractivity contribution < 1.29 is 4.79 Å². The zero-order valence-electron chi connectivity index (χ0n) is 9.20. The van der Waals surface area contributed by atoms with E-state index in [4.69, 9.17) is 5.73 Å². The van der Waals surface area contributed by atoms with Crippen LogP contribution in [0.3, 0.4) is 0 Å². The van der Waals surface area contributed by atoms with E-state index in [9.17, 15) is 4.79 Å². The Morgan fingerprint density at radius 1 is 1.57 bits per heavy atom. The fraction of sp³-hybridized carbons (Fsp3) is 0.900. The van der Waals surface area contributed by atoms with Crippen LogP contribution in [0.2, 0.25) is 0 Å². The Kier molecular flexibility index (Phi) is 4.35. The second kappa shape index (κ2) is 5.32. The van der Waals surface area contributed by atoms with Crippen molar-refractivity contribution in [2.75, 3.05) is 33.7 Å². The number of carbonyl (C=O) groups excluding carboxylic acids is 1. The van der Waals surface area contributed by atoms with Crippen LogP contribution in [0.4, 0.5) is 0 Å². The summed E-state index contributed by atoms with van der Waals surface area (Å²) in [5, 5.41) is 0. The zero-order valence-corrected chi connectivity index (χ0v) is 9.20. The normalized spacial score (nSPS) is 22.6. The molecule has 2 N–H and O–H groups in total. The van der Waals surface area contributed by atoms with Gasteiger partial charge in [0, 0.05) is 33.1 Å². The lowest BCUT2D eigenvalue weighted by atomic mass is 10.2. The molecule has 0 unspecified atom stereocenters. The molecule has 0 aliphatic carbocycles. The van der Waals surface area contributed by atoms with Crippen molar-refractivity contribution in [2.45, 2.75) is 25.3 Å². The summed E-state index contributed by atoms with van der Waals surface area (Å²) in [6.07, 6.45) is 2.70. The minimum atomic E-state index is 0.216. The zero-order chi connectivity index (χ0) is 10.6. The quantitative estimate of drug-likeness (QED) is 0.687. The smallest absolute Gasteiger partial charge is 0.222 e. The van der Waals surface area contributed by atoms with Gasteiger partial charge in [0.2, 0.25) is 5.91 Å². The molecule has 1 rings (SSSR count). The van der Waals surface area contributed by atoms with Crippen molar-refractivity contribution in [3.05, 3.63) is 0 Å². The largest absolute Gasteiger partial charge is 0.349 e. The minimum absolute atomic E-state index is 0.216. The fourth-order valence-electron chi connectivity index (χ4n) is 1.74. The number of amides is 1. The van der Waals surface area contributed by atoms with Gasteiger partial charge in [0.25, 0.3) is 0 Å². The molecule has 1 aliphatic rings. The van der Waals surface area contributed by atoms with Crippen LogP contribution >= 0.6 is 0 Å². The number of likely N-dealkylation sites (tertiary alicyclic amines) is 1. The first-order valence-electron chi connectivity index (χ1n) is 5.27. The van der Waals surface area contributed by atoms with E-state index in [1.165, 1.54) is 0 Å². The second-order valence-corrected chi connectivity index (χ2v) is 4.24. The van der Waals surface area contributed by atoms with Crippen molar-refractivity contribution in [3.63, 3.8) is 0 Å². The maximum Gasteiger partial charge on any atom is 0.222 e. The van der Waals surface area contributed by atoms with Crippen molar-refractivity contribution in [3.8, 4) is 0 Å². The van der Waals surface area contributed by atoms with Gasteiger partial charge in [-0.2, -0.15) is 0 Å². The maximum atomic E-state index is 11.3. The van der Waals surface area contributed by atoms with Crippen LogP contribution in [-0.4, -0.2) is 55.5 Å². The molecule has 0 aromatic heterocycles. The summed E-state index contributed by atoms with van der Waals surface area (Å²) >= 11 is 0. The van der Waals surface area contributed by atoms with Gasteiger partial charge in [0.1, 0.15) is 0 Å². The highest BCUT2D eigenvalue weighted by Crippen LogP contribution is 2.08. The number of carbonyl (C=O) groups is 1. The molecule has 0 aromatic rings. The molecule has 0 aromatic carbocycles. The van der Waals surface area contributed by atoms with Crippen LogP contribution < -0.4 is 5.73 Å². The molecule has 1 fully saturated rings. The Morgan fingerprint density at radius 3 is 2.79 bits per heavy atom. The fourth-order valence-corrected chi connectivity index (χ4v) is 1.74. The molecule has 0 spiro atoms. The van der Waals surface area contributed by atoms with E-state index in [2.05, 4.69) is 4.90 Å². The summed E-state index contributed by atoms with van der Waals surface area (Å²) in [7, 11) is 3.60. The molecule has 4 nitrogen and oxygen atoms in total. The highest BCUT2D eigenvalue weighted by Gasteiger charge is 2.18. The molecule has 0 saturated carbocycles. The SMILES string of the molecule is CN(C)C(=O)CCCN1CC[C@@H](N)C1. The number of nitrogens with zero attached hydrogens (tertiary/aromatic N) is 2. The average molecular weight is 199 g/mol. The van der Waals surface area contributed by atoms with Crippen LogP contribution in [0.15, 0.2) is 0 Å². The summed E-state index contributed by atoms with van der Waals surface area (Å²) in [4.78, 5) is 15.3. The van der Waals surface area contributed by atoms with Gasteiger partial charge in [-0.05, 0) is 25.9 Å². The Bertz CT molecular complexity index is 194. The number of rotatable bonds is 4. The topological polar surface area (TPSA) is 49.6 Å². The van der Waals surface area contributed by atoms with E-state index < -0.39 is 0 Å². The molecular formula is C10H21N3O. The summed E-state index contributed by atoms with van der Waals surface area (Å²) in [6, 6.07) is 0.347. The molecule has 82 valence electrons. The van der Waals surface area contributed by atoms with Gasteiger partial charge in [0.05, 0.1) is 0 Å². The highest BCUT2D eigenvalue weighted by atomic mass is 16.2. The summed E-state index contributed by atoms with van der Waals surface area (Å²) in [5.74, 6) is 0.216. The van der Waals surface area contributed by atoms with E-state index in [-0.39, 0.29) is 5.91 Å². The van der Waals surface area contributed by atoms with E-state index >= 15 is 0 Å². The van der Waals surface area contributed by atoms with Crippen LogP contribution in [0, 0.1) is 0 Å². The average Bonchev–Trinajstić information content (AvgIpc) is 2.51. The first kappa shape index (κ1) is 11.5. The van der Waals surface area contributed by atoms with Gasteiger partial charge in [-0.25, -0.2) is 0 Å². The third-order valence-corrected chi connectivity index (χ3v) is 2.67. The van der Waals surface area contributed by atoms with Crippen molar-refractivity contribution in [1.29, 1.82) is 0 Å². The third kappa shape index (κ3) is 3.64. The summed E-state index contributed by atoms with van der Waals surface area (Å²) in [6.45, 7) is 3.10. The van der Waals surface area contributed by atoms with Gasteiger partial charge < -0.3 is 15.5 Å². The summed E-state index contributed by atoms with van der Waals surface area (Å²) < 4.78 is 0. The van der Waals surface area contributed by atoms with E-state index in [0.29, 0.717) is 12.5 Å². The predicted octanol–water partition coefficient (Wildman–Crippen LogP) is -0.112. The standard InChI is InChI=1S/C10H21N3O/c1-12(2)10(14)4-3-6-13-7-5-9(11)8-13/h9H,3-8,11H2,1-2H3/t9-/m1/s1. The minimum Gasteiger partial charge on any atom is -0.349 e. The Morgan fingerprint density at radius 2 is 2.29 bits per heavy atom. The van der Waals surface area contributed by atoms with Crippen molar-refractivity contribution in [1.82, 2.24) is 9.80 Å². The van der Waals surface area contributed by atoms with Gasteiger partial charge >= 0.3 is 0 Å². The Hall–Kier alpha value is -0.610. The molecule has 4 heteroatoms. The van der Waals surface area contributed by atoms with Crippen LogP contribution in [0.25, 0.3) is 0 Å². The van der Waals surface area contributed by atoms with Crippen molar-refractivity contribution in [2.24, 2.45) is 5.73 Å². The van der Waals surface area contributed by atoms with Crippen LogP contribution in [0.1, 0.15) is 19.3 Å². The molecular weight excluding hydrogens is 178 g/mol. The maximum absolute atomic E-state index is 11.3. The monoisotopic (exact) mass is 199 g/mol. The van der Waals surface area contributed by atoms with E-state index in [1.54, 1.807) is 19.0 Å². The first-order valence-corrected chi connectivity index (χ1v) is 5.27. The number of nitrogens with two attached hydrogens (primary N) is 1. The summed E-state index contributed by atoms with van der Waals surface area (Å²) in [5.41, 5.74) is 5.79. The first-order chi connectivity index (χ1) is 6.59. The number of hydrogen-bond donors (Lipinski definition) is 1. The molecule has 1 heterocycles. The van der Waals surface area contributed by atoms with Crippen LogP contribution in [0.5, 0.6) is 0 Å². The molecule has 1 aliphatic heterocycles. The van der Waals surface area contributed by atoms with Crippen molar-refractivity contribution >= 4 is 5.91 Å².